The van der Waals surface area contributed by atoms with Gasteiger partial charge >= 0.3 is 0 Å². The van der Waals surface area contributed by atoms with Gasteiger partial charge in [0.25, 0.3) is 0 Å². The molecule has 1 aromatic heterocycles. The summed E-state index contributed by atoms with van der Waals surface area (Å²) in [5.74, 6) is 0. The van der Waals surface area contributed by atoms with Crippen molar-refractivity contribution in [3.8, 4) is 17.3 Å². The zero-order valence-corrected chi connectivity index (χ0v) is 12.2. The maximum atomic E-state index is 9.06. The highest BCUT2D eigenvalue weighted by Crippen LogP contribution is 2.25. The summed E-state index contributed by atoms with van der Waals surface area (Å²) in [7, 11) is 2.04. The summed E-state index contributed by atoms with van der Waals surface area (Å²) in [5, 5.41) is 19.5. The first-order chi connectivity index (χ1) is 10.8. The molecule has 5 nitrogen and oxygen atoms in total. The van der Waals surface area contributed by atoms with Crippen LogP contribution in [0, 0.1) is 11.3 Å². The molecule has 1 N–H and O–H groups in total. The van der Waals surface area contributed by atoms with Gasteiger partial charge in [-0.25, -0.2) is 0 Å². The Kier molecular flexibility index (Phi) is 3.84. The van der Waals surface area contributed by atoms with Crippen molar-refractivity contribution in [3.05, 3.63) is 65.9 Å². The highest BCUT2D eigenvalue weighted by molar-refractivity contribution is 5.68. The monoisotopic (exact) mass is 289 g/mol. The SMILES string of the molecule is CN(Cc1ccccc1)c1cccc(-c2n[nH]nc2C#N)c1. The average Bonchev–Trinajstić information content (AvgIpc) is 3.04. The second-order valence-electron chi connectivity index (χ2n) is 5.02. The minimum Gasteiger partial charge on any atom is -0.370 e. The second-order valence-corrected chi connectivity index (χ2v) is 5.02. The molecule has 1 heterocycles. The molecule has 0 aliphatic carbocycles. The van der Waals surface area contributed by atoms with Crippen LogP contribution in [-0.2, 0) is 6.54 Å². The van der Waals surface area contributed by atoms with Gasteiger partial charge in [0, 0.05) is 24.8 Å². The molecule has 3 rings (SSSR count). The van der Waals surface area contributed by atoms with Gasteiger partial charge in [-0.15, -0.1) is 5.10 Å². The third-order valence-corrected chi connectivity index (χ3v) is 3.48. The maximum Gasteiger partial charge on any atom is 0.190 e. The van der Waals surface area contributed by atoms with E-state index in [0.29, 0.717) is 11.4 Å². The molecular formula is C17H15N5. The zero-order chi connectivity index (χ0) is 15.4. The number of hydrogen-bond donors (Lipinski definition) is 1. The van der Waals surface area contributed by atoms with Gasteiger partial charge < -0.3 is 4.90 Å². The van der Waals surface area contributed by atoms with Gasteiger partial charge in [-0.3, -0.25) is 0 Å². The molecule has 0 saturated carbocycles. The number of rotatable bonds is 4. The van der Waals surface area contributed by atoms with Crippen molar-refractivity contribution >= 4 is 5.69 Å². The number of H-pyrrole nitrogens is 1. The topological polar surface area (TPSA) is 68.6 Å². The molecule has 0 amide bonds. The van der Waals surface area contributed by atoms with E-state index in [2.05, 4.69) is 32.4 Å². The number of benzene rings is 2. The van der Waals surface area contributed by atoms with Gasteiger partial charge in [0.15, 0.2) is 5.69 Å². The minimum atomic E-state index is 0.308. The predicted octanol–water partition coefficient (Wildman–Crippen LogP) is 2.98. The first-order valence-electron chi connectivity index (χ1n) is 6.94. The Morgan fingerprint density at radius 3 is 2.68 bits per heavy atom. The number of nitriles is 1. The predicted molar refractivity (Wildman–Crippen MR) is 85.1 cm³/mol. The Balaban J connectivity index is 1.87. The quantitative estimate of drug-likeness (QED) is 0.801. The standard InChI is InChI=1S/C17H15N5/c1-22(12-13-6-3-2-4-7-13)15-9-5-8-14(10-15)17-16(11-18)19-21-20-17/h2-10H,12H2,1H3,(H,19,20,21). The van der Waals surface area contributed by atoms with Crippen LogP contribution in [0.25, 0.3) is 11.3 Å². The molecule has 0 fully saturated rings. The molecule has 0 unspecified atom stereocenters. The van der Waals surface area contributed by atoms with Crippen LogP contribution >= 0.6 is 0 Å². The molecule has 0 atom stereocenters. The molecule has 0 saturated heterocycles. The van der Waals surface area contributed by atoms with E-state index >= 15 is 0 Å². The molecule has 5 heteroatoms. The lowest BCUT2D eigenvalue weighted by Crippen LogP contribution is -2.16. The van der Waals surface area contributed by atoms with E-state index in [1.807, 2.05) is 55.6 Å². The summed E-state index contributed by atoms with van der Waals surface area (Å²) in [6.07, 6.45) is 0. The Bertz CT molecular complexity index is 801. The summed E-state index contributed by atoms with van der Waals surface area (Å²) in [5.41, 5.74) is 4.07. The first kappa shape index (κ1) is 13.8. The van der Waals surface area contributed by atoms with E-state index in [9.17, 15) is 0 Å². The highest BCUT2D eigenvalue weighted by Gasteiger charge is 2.11. The Hall–Kier alpha value is -3.13. The fraction of sp³-hybridized carbons (Fsp3) is 0.118. The third kappa shape index (κ3) is 2.81. The van der Waals surface area contributed by atoms with Crippen molar-refractivity contribution < 1.29 is 0 Å². The number of hydrogen-bond acceptors (Lipinski definition) is 4. The van der Waals surface area contributed by atoms with Gasteiger partial charge in [0.1, 0.15) is 11.8 Å². The minimum absolute atomic E-state index is 0.308. The van der Waals surface area contributed by atoms with Gasteiger partial charge in [-0.1, -0.05) is 42.5 Å². The van der Waals surface area contributed by atoms with Crippen molar-refractivity contribution in [3.63, 3.8) is 0 Å². The van der Waals surface area contributed by atoms with Crippen molar-refractivity contribution in [1.29, 1.82) is 5.26 Å². The average molecular weight is 289 g/mol. The molecule has 3 aromatic rings. The number of nitrogens with one attached hydrogen (secondary N) is 1. The first-order valence-corrected chi connectivity index (χ1v) is 6.94. The molecule has 108 valence electrons. The molecule has 0 aliphatic heterocycles. The van der Waals surface area contributed by atoms with E-state index in [-0.39, 0.29) is 0 Å². The van der Waals surface area contributed by atoms with E-state index in [4.69, 9.17) is 5.26 Å². The van der Waals surface area contributed by atoms with Crippen molar-refractivity contribution in [1.82, 2.24) is 15.4 Å². The van der Waals surface area contributed by atoms with Crippen LogP contribution in [0.1, 0.15) is 11.3 Å². The number of anilines is 1. The van der Waals surface area contributed by atoms with E-state index in [1.165, 1.54) is 5.56 Å². The summed E-state index contributed by atoms with van der Waals surface area (Å²) in [4.78, 5) is 2.16. The third-order valence-electron chi connectivity index (χ3n) is 3.48. The van der Waals surface area contributed by atoms with Crippen LogP contribution in [0.2, 0.25) is 0 Å². The fourth-order valence-electron chi connectivity index (χ4n) is 2.35. The summed E-state index contributed by atoms with van der Waals surface area (Å²) in [6, 6.07) is 20.3. The molecule has 0 spiro atoms. The van der Waals surface area contributed by atoms with Crippen LogP contribution in [0.4, 0.5) is 5.69 Å². The number of nitrogens with zero attached hydrogens (tertiary/aromatic N) is 4. The van der Waals surface area contributed by atoms with Gasteiger partial charge in [0.05, 0.1) is 0 Å². The molecule has 0 aliphatic rings. The van der Waals surface area contributed by atoms with Crippen LogP contribution < -0.4 is 4.90 Å². The lowest BCUT2D eigenvalue weighted by Gasteiger charge is -2.20. The van der Waals surface area contributed by atoms with Crippen LogP contribution in [-0.4, -0.2) is 22.5 Å². The van der Waals surface area contributed by atoms with Crippen LogP contribution in [0.5, 0.6) is 0 Å². The molecule has 22 heavy (non-hydrogen) atoms. The van der Waals surface area contributed by atoms with E-state index in [0.717, 1.165) is 17.8 Å². The number of aromatic nitrogens is 3. The van der Waals surface area contributed by atoms with Crippen molar-refractivity contribution in [2.45, 2.75) is 6.54 Å². The summed E-state index contributed by atoms with van der Waals surface area (Å²) >= 11 is 0. The largest absolute Gasteiger partial charge is 0.370 e. The molecular weight excluding hydrogens is 274 g/mol. The normalized spacial score (nSPS) is 10.2. The summed E-state index contributed by atoms with van der Waals surface area (Å²) < 4.78 is 0. The van der Waals surface area contributed by atoms with Crippen molar-refractivity contribution in [2.24, 2.45) is 0 Å². The zero-order valence-electron chi connectivity index (χ0n) is 12.2. The fourth-order valence-corrected chi connectivity index (χ4v) is 2.35. The maximum absolute atomic E-state index is 9.06. The van der Waals surface area contributed by atoms with Crippen LogP contribution in [0.15, 0.2) is 54.6 Å². The second kappa shape index (κ2) is 6.10. The molecule has 2 aromatic carbocycles. The molecule has 0 radical (unpaired) electrons. The Morgan fingerprint density at radius 1 is 1.09 bits per heavy atom. The summed E-state index contributed by atoms with van der Waals surface area (Å²) in [6.45, 7) is 0.814. The lowest BCUT2D eigenvalue weighted by atomic mass is 10.1. The van der Waals surface area contributed by atoms with Gasteiger partial charge in [-0.05, 0) is 17.7 Å². The van der Waals surface area contributed by atoms with Gasteiger partial charge in [0.2, 0.25) is 0 Å². The smallest absolute Gasteiger partial charge is 0.190 e. The van der Waals surface area contributed by atoms with Crippen LogP contribution in [0.3, 0.4) is 0 Å². The Morgan fingerprint density at radius 2 is 1.91 bits per heavy atom. The molecule has 0 bridgehead atoms. The van der Waals surface area contributed by atoms with E-state index in [1.54, 1.807) is 0 Å². The highest BCUT2D eigenvalue weighted by atomic mass is 15.3. The van der Waals surface area contributed by atoms with Crippen molar-refractivity contribution in [2.75, 3.05) is 11.9 Å². The van der Waals surface area contributed by atoms with Gasteiger partial charge in [-0.2, -0.15) is 15.6 Å². The Labute approximate surface area is 128 Å². The van der Waals surface area contributed by atoms with E-state index < -0.39 is 0 Å². The number of aromatic amines is 1. The lowest BCUT2D eigenvalue weighted by molar-refractivity contribution is 0.922.